The molecule has 86 valence electrons. The normalized spacial score (nSPS) is 13.3. The summed E-state index contributed by atoms with van der Waals surface area (Å²) < 4.78 is 4.96. The van der Waals surface area contributed by atoms with E-state index in [1.165, 1.54) is 0 Å². The van der Waals surface area contributed by atoms with Gasteiger partial charge in [0.15, 0.2) is 0 Å². The average Bonchev–Trinajstić information content (AvgIpc) is 2.02. The van der Waals surface area contributed by atoms with Gasteiger partial charge >= 0.3 is 0 Å². The molecule has 0 fully saturated rings. The minimum atomic E-state index is -0.700. The van der Waals surface area contributed by atoms with Crippen molar-refractivity contribution in [1.82, 2.24) is 5.32 Å². The summed E-state index contributed by atoms with van der Waals surface area (Å²) in [5.74, 6) is 0. The predicted molar refractivity (Wildman–Crippen MR) is 59.5 cm³/mol. The Morgan fingerprint density at radius 1 is 1.14 bits per heavy atom. The standard InChI is InChI=1S/C11H25NO2/c1-10(2,11(3,4)13)12-8-6-7-9-14-5/h12-13H,6-9H2,1-5H3. The maximum absolute atomic E-state index is 9.86. The van der Waals surface area contributed by atoms with Crippen LogP contribution in [0.3, 0.4) is 0 Å². The Kier molecular flexibility index (Phi) is 5.64. The van der Waals surface area contributed by atoms with E-state index in [9.17, 15) is 5.11 Å². The largest absolute Gasteiger partial charge is 0.389 e. The summed E-state index contributed by atoms with van der Waals surface area (Å²) in [6.07, 6.45) is 2.14. The van der Waals surface area contributed by atoms with E-state index in [0.29, 0.717) is 0 Å². The second-order valence-corrected chi connectivity index (χ2v) is 4.81. The van der Waals surface area contributed by atoms with Gasteiger partial charge in [0.25, 0.3) is 0 Å². The van der Waals surface area contributed by atoms with E-state index in [0.717, 1.165) is 26.0 Å². The minimum absolute atomic E-state index is 0.250. The molecule has 0 aromatic carbocycles. The summed E-state index contributed by atoms with van der Waals surface area (Å²) >= 11 is 0. The van der Waals surface area contributed by atoms with Gasteiger partial charge < -0.3 is 15.2 Å². The number of ether oxygens (including phenoxy) is 1. The maximum Gasteiger partial charge on any atom is 0.0767 e. The molecule has 0 aromatic heterocycles. The van der Waals surface area contributed by atoms with Gasteiger partial charge in [0.2, 0.25) is 0 Å². The van der Waals surface area contributed by atoms with Crippen molar-refractivity contribution in [2.24, 2.45) is 0 Å². The van der Waals surface area contributed by atoms with Gasteiger partial charge in [0.05, 0.1) is 5.60 Å². The van der Waals surface area contributed by atoms with E-state index in [1.807, 2.05) is 27.7 Å². The molecule has 0 amide bonds. The highest BCUT2D eigenvalue weighted by Crippen LogP contribution is 2.20. The fourth-order valence-corrected chi connectivity index (χ4v) is 0.989. The van der Waals surface area contributed by atoms with Crippen LogP contribution in [0, 0.1) is 0 Å². The van der Waals surface area contributed by atoms with Crippen molar-refractivity contribution in [3.63, 3.8) is 0 Å². The van der Waals surface area contributed by atoms with Crippen LogP contribution in [-0.2, 0) is 4.74 Å². The molecule has 0 unspecified atom stereocenters. The molecular weight excluding hydrogens is 178 g/mol. The third-order valence-corrected chi connectivity index (χ3v) is 2.87. The first-order valence-electron chi connectivity index (χ1n) is 5.27. The summed E-state index contributed by atoms with van der Waals surface area (Å²) in [7, 11) is 1.72. The first-order chi connectivity index (χ1) is 6.31. The highest BCUT2D eigenvalue weighted by molar-refractivity contribution is 4.93. The van der Waals surface area contributed by atoms with Gasteiger partial charge in [0.1, 0.15) is 0 Å². The minimum Gasteiger partial charge on any atom is -0.389 e. The van der Waals surface area contributed by atoms with Crippen LogP contribution in [0.25, 0.3) is 0 Å². The molecule has 0 aliphatic carbocycles. The van der Waals surface area contributed by atoms with Crippen LogP contribution in [0.2, 0.25) is 0 Å². The van der Waals surface area contributed by atoms with Crippen LogP contribution < -0.4 is 5.32 Å². The van der Waals surface area contributed by atoms with E-state index in [2.05, 4.69) is 5.32 Å². The molecule has 0 radical (unpaired) electrons. The molecule has 0 heterocycles. The maximum atomic E-state index is 9.86. The number of methoxy groups -OCH3 is 1. The Balaban J connectivity index is 3.67. The highest BCUT2D eigenvalue weighted by Gasteiger charge is 2.33. The fraction of sp³-hybridized carbons (Fsp3) is 1.00. The molecule has 2 N–H and O–H groups in total. The lowest BCUT2D eigenvalue weighted by Crippen LogP contribution is -2.56. The summed E-state index contributed by atoms with van der Waals surface area (Å²) in [5, 5.41) is 13.2. The Morgan fingerprint density at radius 2 is 1.71 bits per heavy atom. The van der Waals surface area contributed by atoms with Crippen LogP contribution in [0.5, 0.6) is 0 Å². The van der Waals surface area contributed by atoms with Crippen molar-refractivity contribution in [2.75, 3.05) is 20.3 Å². The van der Waals surface area contributed by atoms with Crippen LogP contribution >= 0.6 is 0 Å². The van der Waals surface area contributed by atoms with Gasteiger partial charge in [-0.2, -0.15) is 0 Å². The van der Waals surface area contributed by atoms with E-state index >= 15 is 0 Å². The van der Waals surface area contributed by atoms with E-state index < -0.39 is 5.60 Å². The van der Waals surface area contributed by atoms with Crippen LogP contribution in [0.4, 0.5) is 0 Å². The number of hydrogen-bond acceptors (Lipinski definition) is 3. The van der Waals surface area contributed by atoms with Gasteiger partial charge in [0, 0.05) is 19.3 Å². The van der Waals surface area contributed by atoms with Crippen molar-refractivity contribution >= 4 is 0 Å². The van der Waals surface area contributed by atoms with E-state index in [1.54, 1.807) is 7.11 Å². The van der Waals surface area contributed by atoms with Gasteiger partial charge in [-0.1, -0.05) is 0 Å². The average molecular weight is 203 g/mol. The van der Waals surface area contributed by atoms with Gasteiger partial charge in [-0.3, -0.25) is 0 Å². The van der Waals surface area contributed by atoms with Crippen molar-refractivity contribution in [1.29, 1.82) is 0 Å². The molecule has 0 aliphatic heterocycles. The molecule has 3 nitrogen and oxygen atoms in total. The van der Waals surface area contributed by atoms with Crippen molar-refractivity contribution in [3.05, 3.63) is 0 Å². The lowest BCUT2D eigenvalue weighted by molar-refractivity contribution is -0.00456. The third-order valence-electron chi connectivity index (χ3n) is 2.87. The molecule has 0 bridgehead atoms. The zero-order valence-corrected chi connectivity index (χ0v) is 10.2. The second kappa shape index (κ2) is 5.69. The third kappa shape index (κ3) is 4.94. The Hall–Kier alpha value is -0.120. The zero-order valence-electron chi connectivity index (χ0n) is 10.2. The van der Waals surface area contributed by atoms with Gasteiger partial charge in [-0.25, -0.2) is 0 Å². The second-order valence-electron chi connectivity index (χ2n) is 4.81. The highest BCUT2D eigenvalue weighted by atomic mass is 16.5. The first kappa shape index (κ1) is 13.9. The number of nitrogens with one attached hydrogen (secondary N) is 1. The molecule has 0 rings (SSSR count). The summed E-state index contributed by atoms with van der Waals surface area (Å²) in [6, 6.07) is 0. The zero-order chi connectivity index (χ0) is 11.2. The Bertz CT molecular complexity index is 150. The molecule has 0 saturated heterocycles. The summed E-state index contributed by atoms with van der Waals surface area (Å²) in [5.41, 5.74) is -0.950. The Morgan fingerprint density at radius 3 is 2.14 bits per heavy atom. The molecule has 14 heavy (non-hydrogen) atoms. The molecule has 0 aromatic rings. The lowest BCUT2D eigenvalue weighted by atomic mass is 9.86. The molecule has 0 spiro atoms. The van der Waals surface area contributed by atoms with Crippen molar-refractivity contribution in [3.8, 4) is 0 Å². The molecule has 0 atom stereocenters. The van der Waals surface area contributed by atoms with Gasteiger partial charge in [-0.15, -0.1) is 0 Å². The smallest absolute Gasteiger partial charge is 0.0767 e. The van der Waals surface area contributed by atoms with Crippen molar-refractivity contribution < 1.29 is 9.84 Å². The molecule has 3 heteroatoms. The number of hydrogen-bond donors (Lipinski definition) is 2. The lowest BCUT2D eigenvalue weighted by Gasteiger charge is -2.38. The number of unbranched alkanes of at least 4 members (excludes halogenated alkanes) is 1. The van der Waals surface area contributed by atoms with Crippen LogP contribution in [0.15, 0.2) is 0 Å². The summed E-state index contributed by atoms with van der Waals surface area (Å²) in [4.78, 5) is 0. The van der Waals surface area contributed by atoms with Crippen molar-refractivity contribution in [2.45, 2.75) is 51.7 Å². The number of aliphatic hydroxyl groups is 1. The SMILES string of the molecule is COCCCCNC(C)(C)C(C)(C)O. The topological polar surface area (TPSA) is 41.5 Å². The van der Waals surface area contributed by atoms with E-state index in [-0.39, 0.29) is 5.54 Å². The Labute approximate surface area is 87.8 Å². The molecule has 0 saturated carbocycles. The van der Waals surface area contributed by atoms with Gasteiger partial charge in [-0.05, 0) is 47.1 Å². The van der Waals surface area contributed by atoms with Crippen LogP contribution in [-0.4, -0.2) is 36.5 Å². The predicted octanol–water partition coefficient (Wildman–Crippen LogP) is 1.55. The number of rotatable bonds is 7. The molecule has 0 aliphatic rings. The van der Waals surface area contributed by atoms with E-state index in [4.69, 9.17) is 4.74 Å². The quantitative estimate of drug-likeness (QED) is 0.617. The summed E-state index contributed by atoms with van der Waals surface area (Å²) in [6.45, 7) is 9.42. The first-order valence-corrected chi connectivity index (χ1v) is 5.27. The van der Waals surface area contributed by atoms with Crippen LogP contribution in [0.1, 0.15) is 40.5 Å². The monoisotopic (exact) mass is 203 g/mol. The molecular formula is C11H25NO2. The fourth-order valence-electron chi connectivity index (χ4n) is 0.989.